The average molecular weight is 364 g/mol. The summed E-state index contributed by atoms with van der Waals surface area (Å²) in [6.07, 6.45) is 3.54. The molecule has 3 aromatic heterocycles. The Morgan fingerprint density at radius 3 is 2.67 bits per heavy atom. The molecule has 4 rings (SSSR count). The van der Waals surface area contributed by atoms with Gasteiger partial charge in [-0.15, -0.1) is 0 Å². The van der Waals surface area contributed by atoms with E-state index in [4.69, 9.17) is 0 Å². The van der Waals surface area contributed by atoms with Gasteiger partial charge in [-0.05, 0) is 19.1 Å². The van der Waals surface area contributed by atoms with Gasteiger partial charge in [0.1, 0.15) is 11.6 Å². The zero-order valence-corrected chi connectivity index (χ0v) is 16.2. The summed E-state index contributed by atoms with van der Waals surface area (Å²) in [5.41, 5.74) is 1.67. The van der Waals surface area contributed by atoms with Crippen molar-refractivity contribution in [1.82, 2.24) is 24.7 Å². The predicted molar refractivity (Wildman–Crippen MR) is 105 cm³/mol. The Morgan fingerprint density at radius 1 is 1.15 bits per heavy atom. The predicted octanol–water partition coefficient (Wildman–Crippen LogP) is 2.32. The molecule has 0 spiro atoms. The fraction of sp³-hybridized carbons (Fsp3) is 0.450. The van der Waals surface area contributed by atoms with Crippen molar-refractivity contribution < 1.29 is 0 Å². The monoisotopic (exact) mass is 364 g/mol. The minimum Gasteiger partial charge on any atom is -0.355 e. The lowest BCUT2D eigenvalue weighted by atomic mass is 9.92. The number of pyridine rings is 1. The molecule has 4 heterocycles. The van der Waals surface area contributed by atoms with Crippen molar-refractivity contribution in [2.24, 2.45) is 5.92 Å². The molecule has 3 aromatic rings. The Hall–Kier alpha value is -2.83. The summed E-state index contributed by atoms with van der Waals surface area (Å²) >= 11 is 0. The van der Waals surface area contributed by atoms with Crippen LogP contribution in [0, 0.1) is 12.8 Å². The number of aryl methyl sites for hydroxylation is 1. The van der Waals surface area contributed by atoms with Crippen LogP contribution in [0.15, 0.2) is 35.4 Å². The maximum atomic E-state index is 12.2. The van der Waals surface area contributed by atoms with Crippen LogP contribution in [0.3, 0.4) is 0 Å². The molecular formula is C20H24N6O. The lowest BCUT2D eigenvalue weighted by Crippen LogP contribution is -2.50. The van der Waals surface area contributed by atoms with E-state index >= 15 is 0 Å². The van der Waals surface area contributed by atoms with Gasteiger partial charge in [-0.3, -0.25) is 9.78 Å². The van der Waals surface area contributed by atoms with Gasteiger partial charge in [0.2, 0.25) is 0 Å². The van der Waals surface area contributed by atoms with E-state index in [1.807, 2.05) is 19.1 Å². The highest BCUT2D eigenvalue weighted by Gasteiger charge is 2.30. The Kier molecular flexibility index (Phi) is 4.17. The zero-order chi connectivity index (χ0) is 19.2. The quantitative estimate of drug-likeness (QED) is 0.710. The molecule has 0 aliphatic carbocycles. The van der Waals surface area contributed by atoms with Crippen molar-refractivity contribution in [3.8, 4) is 0 Å². The molecule has 0 saturated carbocycles. The van der Waals surface area contributed by atoms with Crippen LogP contribution in [0.5, 0.6) is 0 Å². The van der Waals surface area contributed by atoms with E-state index in [1.165, 1.54) is 0 Å². The third kappa shape index (κ3) is 3.41. The summed E-state index contributed by atoms with van der Waals surface area (Å²) in [4.78, 5) is 27.7. The first-order valence-corrected chi connectivity index (χ1v) is 9.23. The molecule has 1 fully saturated rings. The molecule has 7 heteroatoms. The van der Waals surface area contributed by atoms with E-state index in [0.29, 0.717) is 12.5 Å². The molecular weight excluding hydrogens is 340 g/mol. The molecule has 0 unspecified atom stereocenters. The number of rotatable bonds is 3. The third-order valence-corrected chi connectivity index (χ3v) is 4.91. The van der Waals surface area contributed by atoms with Crippen molar-refractivity contribution in [2.45, 2.75) is 39.7 Å². The summed E-state index contributed by atoms with van der Waals surface area (Å²) in [5, 5.41) is 5.59. The van der Waals surface area contributed by atoms with Crippen LogP contribution in [0.25, 0.3) is 10.9 Å². The summed E-state index contributed by atoms with van der Waals surface area (Å²) in [6.45, 7) is 10.5. The van der Waals surface area contributed by atoms with E-state index in [2.05, 4.69) is 45.7 Å². The molecule has 0 aromatic carbocycles. The van der Waals surface area contributed by atoms with Crippen LogP contribution < -0.4 is 10.5 Å². The lowest BCUT2D eigenvalue weighted by molar-refractivity contribution is 0.328. The van der Waals surface area contributed by atoms with Gasteiger partial charge in [-0.2, -0.15) is 5.10 Å². The maximum Gasteiger partial charge on any atom is 0.266 e. The Morgan fingerprint density at radius 2 is 1.93 bits per heavy atom. The molecule has 0 amide bonds. The third-order valence-electron chi connectivity index (χ3n) is 4.91. The van der Waals surface area contributed by atoms with Gasteiger partial charge in [0.25, 0.3) is 5.56 Å². The van der Waals surface area contributed by atoms with Gasteiger partial charge in [0.15, 0.2) is 0 Å². The van der Waals surface area contributed by atoms with Gasteiger partial charge in [-0.1, -0.05) is 20.8 Å². The van der Waals surface area contributed by atoms with Crippen LogP contribution in [-0.4, -0.2) is 37.8 Å². The minimum atomic E-state index is -0.0768. The Labute approximate surface area is 158 Å². The van der Waals surface area contributed by atoms with E-state index in [0.717, 1.165) is 41.3 Å². The van der Waals surface area contributed by atoms with Gasteiger partial charge in [0.05, 0.1) is 24.0 Å². The van der Waals surface area contributed by atoms with Crippen LogP contribution in [0.2, 0.25) is 0 Å². The topological polar surface area (TPSA) is 76.8 Å². The molecule has 140 valence electrons. The molecule has 1 saturated heterocycles. The number of nitrogens with zero attached hydrogens (tertiary/aromatic N) is 6. The first-order valence-electron chi connectivity index (χ1n) is 9.23. The fourth-order valence-corrected chi connectivity index (χ4v) is 3.40. The largest absolute Gasteiger partial charge is 0.355 e. The van der Waals surface area contributed by atoms with Crippen LogP contribution >= 0.6 is 0 Å². The summed E-state index contributed by atoms with van der Waals surface area (Å²) < 4.78 is 1.61. The highest BCUT2D eigenvalue weighted by atomic mass is 16.1. The molecule has 0 atom stereocenters. The normalized spacial score (nSPS) is 15.2. The molecule has 0 bridgehead atoms. The van der Waals surface area contributed by atoms with Gasteiger partial charge in [0, 0.05) is 42.1 Å². The van der Waals surface area contributed by atoms with Crippen LogP contribution in [0.1, 0.15) is 32.3 Å². The van der Waals surface area contributed by atoms with Crippen LogP contribution in [-0.2, 0) is 12.0 Å². The standard InChI is InChI=1S/C20H24N6O/c1-13-22-16-9-21-8-7-15(16)19(23-13)25-10-14(11-25)12-26-18(27)6-5-17(24-26)20(2,3)4/h5-9,14H,10-12H2,1-4H3. The first kappa shape index (κ1) is 17.6. The lowest BCUT2D eigenvalue weighted by Gasteiger charge is -2.40. The van der Waals surface area contributed by atoms with E-state index in [1.54, 1.807) is 23.1 Å². The van der Waals surface area contributed by atoms with Crippen molar-refractivity contribution in [3.63, 3.8) is 0 Å². The molecule has 27 heavy (non-hydrogen) atoms. The van der Waals surface area contributed by atoms with E-state index in [9.17, 15) is 4.79 Å². The smallest absolute Gasteiger partial charge is 0.266 e. The van der Waals surface area contributed by atoms with Gasteiger partial charge >= 0.3 is 0 Å². The molecule has 7 nitrogen and oxygen atoms in total. The van der Waals surface area contributed by atoms with Crippen molar-refractivity contribution in [1.29, 1.82) is 0 Å². The average Bonchev–Trinajstić information content (AvgIpc) is 2.57. The van der Waals surface area contributed by atoms with E-state index < -0.39 is 0 Å². The second-order valence-corrected chi connectivity index (χ2v) is 8.25. The summed E-state index contributed by atoms with van der Waals surface area (Å²) in [7, 11) is 0. The number of fused-ring (bicyclic) bond motifs is 1. The number of aromatic nitrogens is 5. The fourth-order valence-electron chi connectivity index (χ4n) is 3.40. The first-order chi connectivity index (χ1) is 12.8. The number of hydrogen-bond acceptors (Lipinski definition) is 6. The molecule has 0 N–H and O–H groups in total. The highest BCUT2D eigenvalue weighted by molar-refractivity contribution is 5.89. The van der Waals surface area contributed by atoms with Gasteiger partial charge in [-0.25, -0.2) is 14.6 Å². The van der Waals surface area contributed by atoms with E-state index in [-0.39, 0.29) is 11.0 Å². The van der Waals surface area contributed by atoms with Crippen LogP contribution in [0.4, 0.5) is 5.82 Å². The molecule has 0 radical (unpaired) electrons. The van der Waals surface area contributed by atoms with Gasteiger partial charge < -0.3 is 4.90 Å². The SMILES string of the molecule is Cc1nc(N2CC(Cn3nc(C(C)(C)C)ccc3=O)C2)c2ccncc2n1. The second kappa shape index (κ2) is 6.40. The summed E-state index contributed by atoms with van der Waals surface area (Å²) in [6, 6.07) is 5.41. The number of anilines is 1. The number of hydrogen-bond donors (Lipinski definition) is 0. The zero-order valence-electron chi connectivity index (χ0n) is 16.2. The minimum absolute atomic E-state index is 0.0455. The Balaban J connectivity index is 1.52. The van der Waals surface area contributed by atoms with Crippen molar-refractivity contribution in [2.75, 3.05) is 18.0 Å². The second-order valence-electron chi connectivity index (χ2n) is 8.25. The van der Waals surface area contributed by atoms with Crippen molar-refractivity contribution >= 4 is 16.7 Å². The highest BCUT2D eigenvalue weighted by Crippen LogP contribution is 2.29. The Bertz CT molecular complexity index is 1050. The molecule has 1 aliphatic rings. The maximum absolute atomic E-state index is 12.2. The summed E-state index contributed by atoms with van der Waals surface area (Å²) in [5.74, 6) is 2.06. The molecule has 1 aliphatic heterocycles. The van der Waals surface area contributed by atoms with Crippen molar-refractivity contribution in [3.05, 3.63) is 52.5 Å².